The van der Waals surface area contributed by atoms with Crippen molar-refractivity contribution in [3.8, 4) is 17.2 Å². The molecule has 1 aromatic carbocycles. The molecule has 8 heteroatoms. The summed E-state index contributed by atoms with van der Waals surface area (Å²) in [5.41, 5.74) is 6.83. The predicted octanol–water partition coefficient (Wildman–Crippen LogP) is 4.08. The van der Waals surface area contributed by atoms with Crippen LogP contribution in [0, 0.1) is 17.2 Å². The van der Waals surface area contributed by atoms with Gasteiger partial charge in [0.15, 0.2) is 0 Å². The van der Waals surface area contributed by atoms with Gasteiger partial charge in [0, 0.05) is 12.4 Å². The van der Waals surface area contributed by atoms with Crippen LogP contribution >= 0.6 is 0 Å². The van der Waals surface area contributed by atoms with Crippen molar-refractivity contribution in [3.05, 3.63) is 54.4 Å². The highest BCUT2D eigenvalue weighted by Gasteiger charge is 2.47. The van der Waals surface area contributed by atoms with Crippen LogP contribution in [-0.2, 0) is 4.79 Å². The second kappa shape index (κ2) is 9.52. The lowest BCUT2D eigenvalue weighted by Gasteiger charge is -2.37. The summed E-state index contributed by atoms with van der Waals surface area (Å²) in [7, 11) is 0. The fraction of sp³-hybridized carbons (Fsp3) is 0.381. The molecule has 0 unspecified atom stereocenters. The molecule has 0 bridgehead atoms. The molecule has 154 valence electrons. The van der Waals surface area contributed by atoms with Crippen LogP contribution in [0.3, 0.4) is 0 Å². The Labute approximate surface area is 168 Å². The predicted molar refractivity (Wildman–Crippen MR) is 103 cm³/mol. The van der Waals surface area contributed by atoms with Gasteiger partial charge in [-0.3, -0.25) is 14.7 Å². The second-order valence-corrected chi connectivity index (χ2v) is 7.19. The quantitative estimate of drug-likeness (QED) is 0.672. The Balaban J connectivity index is 2.48. The molecule has 2 N–H and O–H groups in total. The third-order valence-electron chi connectivity index (χ3n) is 4.54. The molecule has 1 heterocycles. The monoisotopic (exact) mass is 404 g/mol. The molecule has 5 nitrogen and oxygen atoms in total. The summed E-state index contributed by atoms with van der Waals surface area (Å²) < 4.78 is 42.2. The number of rotatable bonds is 8. The van der Waals surface area contributed by atoms with Crippen molar-refractivity contribution in [3.63, 3.8) is 0 Å². The zero-order valence-corrected chi connectivity index (χ0v) is 16.2. The van der Waals surface area contributed by atoms with Crippen molar-refractivity contribution in [1.29, 1.82) is 5.26 Å². The summed E-state index contributed by atoms with van der Waals surface area (Å²) in [5.74, 6) is -0.953. The van der Waals surface area contributed by atoms with Gasteiger partial charge >= 0.3 is 6.18 Å². The van der Waals surface area contributed by atoms with E-state index in [9.17, 15) is 18.0 Å². The van der Waals surface area contributed by atoms with Crippen LogP contribution in [0.1, 0.15) is 31.9 Å². The SMILES string of the molecule is CC(C)C[C@@H](C(N)=O)N(CC#N)[C@H](c1ccc(-c2cccnc2)cc1)C(F)(F)F. The first-order chi connectivity index (χ1) is 13.6. The van der Waals surface area contributed by atoms with Gasteiger partial charge in [0.05, 0.1) is 18.7 Å². The number of carbonyl (C=O) groups excluding carboxylic acids is 1. The molecule has 1 aromatic heterocycles. The molecule has 0 radical (unpaired) electrons. The van der Waals surface area contributed by atoms with Gasteiger partial charge in [0.2, 0.25) is 5.91 Å². The van der Waals surface area contributed by atoms with Gasteiger partial charge in [-0.05, 0) is 35.1 Å². The van der Waals surface area contributed by atoms with Crippen LogP contribution in [0.15, 0.2) is 48.8 Å². The number of nitriles is 1. The Kier molecular flexibility index (Phi) is 7.35. The number of halogens is 3. The van der Waals surface area contributed by atoms with Crippen LogP contribution in [0.2, 0.25) is 0 Å². The van der Waals surface area contributed by atoms with Gasteiger partial charge in [-0.25, -0.2) is 0 Å². The molecule has 0 aliphatic heterocycles. The number of hydrogen-bond acceptors (Lipinski definition) is 4. The van der Waals surface area contributed by atoms with Crippen molar-refractivity contribution >= 4 is 5.91 Å². The summed E-state index contributed by atoms with van der Waals surface area (Å²) >= 11 is 0. The van der Waals surface area contributed by atoms with E-state index in [1.807, 2.05) is 0 Å². The normalized spacial score (nSPS) is 13.9. The van der Waals surface area contributed by atoms with Gasteiger partial charge in [-0.1, -0.05) is 44.2 Å². The van der Waals surface area contributed by atoms with E-state index in [4.69, 9.17) is 11.0 Å². The highest BCUT2D eigenvalue weighted by Crippen LogP contribution is 2.40. The zero-order chi connectivity index (χ0) is 21.6. The minimum atomic E-state index is -4.70. The van der Waals surface area contributed by atoms with Gasteiger partial charge in [0.25, 0.3) is 0 Å². The molecular formula is C21H23F3N4O. The number of alkyl halides is 3. The fourth-order valence-electron chi connectivity index (χ4n) is 3.28. The Morgan fingerprint density at radius 3 is 2.31 bits per heavy atom. The lowest BCUT2D eigenvalue weighted by Crippen LogP contribution is -2.51. The summed E-state index contributed by atoms with van der Waals surface area (Å²) in [4.78, 5) is 16.8. The maximum atomic E-state index is 14.1. The number of aromatic nitrogens is 1. The third kappa shape index (κ3) is 5.78. The molecule has 2 atom stereocenters. The standard InChI is InChI=1S/C21H23F3N4O/c1-14(2)12-18(20(26)29)28(11-9-25)19(21(22,23)24)16-7-5-15(6-8-16)17-4-3-10-27-13-17/h3-8,10,13-14,18-19H,11-12H2,1-2H3,(H2,26,29)/t18-,19+/m0/s1. The van der Waals surface area contributed by atoms with Crippen LogP contribution in [0.5, 0.6) is 0 Å². The number of primary amides is 1. The lowest BCUT2D eigenvalue weighted by molar-refractivity contribution is -0.192. The Hall–Kier alpha value is -2.92. The molecule has 0 aliphatic rings. The van der Waals surface area contributed by atoms with Crippen molar-refractivity contribution in [2.45, 2.75) is 38.5 Å². The van der Waals surface area contributed by atoms with Crippen molar-refractivity contribution < 1.29 is 18.0 Å². The minimum absolute atomic E-state index is 0.0598. The molecular weight excluding hydrogens is 381 g/mol. The molecule has 1 amide bonds. The van der Waals surface area contributed by atoms with E-state index in [0.717, 1.165) is 10.5 Å². The van der Waals surface area contributed by atoms with Crippen molar-refractivity contribution in [2.24, 2.45) is 11.7 Å². The molecule has 0 spiro atoms. The van der Waals surface area contributed by atoms with E-state index in [-0.39, 0.29) is 17.9 Å². The van der Waals surface area contributed by atoms with Gasteiger partial charge < -0.3 is 5.73 Å². The number of nitrogens with zero attached hydrogens (tertiary/aromatic N) is 3. The lowest BCUT2D eigenvalue weighted by atomic mass is 9.95. The van der Waals surface area contributed by atoms with E-state index >= 15 is 0 Å². The number of hydrogen-bond donors (Lipinski definition) is 1. The summed E-state index contributed by atoms with van der Waals surface area (Å²) in [6, 6.07) is 7.80. The zero-order valence-electron chi connectivity index (χ0n) is 16.2. The highest BCUT2D eigenvalue weighted by atomic mass is 19.4. The number of amides is 1. The average Bonchev–Trinajstić information content (AvgIpc) is 2.66. The van der Waals surface area contributed by atoms with Crippen molar-refractivity contribution in [1.82, 2.24) is 9.88 Å². The van der Waals surface area contributed by atoms with E-state index in [1.165, 1.54) is 12.1 Å². The number of pyridine rings is 1. The van der Waals surface area contributed by atoms with Crippen molar-refractivity contribution in [2.75, 3.05) is 6.54 Å². The summed E-state index contributed by atoms with van der Waals surface area (Å²) in [5, 5.41) is 9.14. The number of nitrogens with two attached hydrogens (primary N) is 1. The summed E-state index contributed by atoms with van der Waals surface area (Å²) in [6.45, 7) is 2.99. The van der Waals surface area contributed by atoms with Crippen LogP contribution in [0.4, 0.5) is 13.2 Å². The molecule has 0 aliphatic carbocycles. The van der Waals surface area contributed by atoms with Crippen LogP contribution < -0.4 is 5.73 Å². The van der Waals surface area contributed by atoms with E-state index in [1.54, 1.807) is 56.6 Å². The highest BCUT2D eigenvalue weighted by molar-refractivity contribution is 5.80. The van der Waals surface area contributed by atoms with E-state index in [2.05, 4.69) is 4.98 Å². The smallest absolute Gasteiger partial charge is 0.368 e. The molecule has 0 saturated heterocycles. The van der Waals surface area contributed by atoms with Gasteiger partial charge in [0.1, 0.15) is 6.04 Å². The largest absolute Gasteiger partial charge is 0.408 e. The first kappa shape index (κ1) is 22.4. The molecule has 0 saturated carbocycles. The molecule has 0 fully saturated rings. The van der Waals surface area contributed by atoms with Gasteiger partial charge in [-0.15, -0.1) is 0 Å². The number of benzene rings is 1. The van der Waals surface area contributed by atoms with Crippen LogP contribution in [-0.4, -0.2) is 34.6 Å². The Morgan fingerprint density at radius 2 is 1.86 bits per heavy atom. The maximum Gasteiger partial charge on any atom is 0.408 e. The average molecular weight is 404 g/mol. The van der Waals surface area contributed by atoms with Gasteiger partial charge in [-0.2, -0.15) is 18.4 Å². The molecule has 2 rings (SSSR count). The third-order valence-corrected chi connectivity index (χ3v) is 4.54. The van der Waals surface area contributed by atoms with E-state index in [0.29, 0.717) is 5.56 Å². The Bertz CT molecular complexity index is 845. The molecule has 2 aromatic rings. The second-order valence-electron chi connectivity index (χ2n) is 7.19. The van der Waals surface area contributed by atoms with Crippen LogP contribution in [0.25, 0.3) is 11.1 Å². The minimum Gasteiger partial charge on any atom is -0.368 e. The summed E-state index contributed by atoms with van der Waals surface area (Å²) in [6.07, 6.45) is -1.35. The maximum absolute atomic E-state index is 14.1. The first-order valence-electron chi connectivity index (χ1n) is 9.14. The topological polar surface area (TPSA) is 83.0 Å². The first-order valence-corrected chi connectivity index (χ1v) is 9.14. The molecule has 29 heavy (non-hydrogen) atoms. The Morgan fingerprint density at radius 1 is 1.21 bits per heavy atom. The van der Waals surface area contributed by atoms with E-state index < -0.39 is 30.7 Å². The fourth-order valence-corrected chi connectivity index (χ4v) is 3.28. The number of carbonyl (C=O) groups is 1.